The van der Waals surface area contributed by atoms with Gasteiger partial charge >= 0.3 is 11.9 Å². The maximum Gasteiger partial charge on any atom is 0.336 e. The molecule has 44 heavy (non-hydrogen) atoms. The molecule has 2 unspecified atom stereocenters. The van der Waals surface area contributed by atoms with E-state index < -0.39 is 28.7 Å². The Morgan fingerprint density at radius 3 is 2.39 bits per heavy atom. The molecule has 0 saturated carbocycles. The van der Waals surface area contributed by atoms with Gasteiger partial charge in [-0.05, 0) is 25.0 Å². The highest BCUT2D eigenvalue weighted by atomic mass is 16.6. The first-order chi connectivity index (χ1) is 21.0. The molecular formula is C34H42N4O6. The standard InChI is InChI=1S/C34H42N4O6/c1-24-29(32(39)43-5)31(27-14-9-15-28(21-27)38(41)42)30(25(2)35-24)33(40)44-23-34(3,4)22-37-19-17-36(18-20-37)16-10-13-26-11-7-6-8-12-26/h6-15,21,29,31H,16-20,22-23H2,1-5H3. The summed E-state index contributed by atoms with van der Waals surface area (Å²) in [5, 5.41) is 11.5. The molecule has 0 spiro atoms. The van der Waals surface area contributed by atoms with Crippen molar-refractivity contribution < 1.29 is 24.0 Å². The number of esters is 2. The minimum Gasteiger partial charge on any atom is -0.468 e. The molecule has 2 atom stereocenters. The molecule has 2 aliphatic rings. The van der Waals surface area contributed by atoms with Crippen molar-refractivity contribution >= 4 is 29.4 Å². The van der Waals surface area contributed by atoms with Crippen molar-refractivity contribution in [2.45, 2.75) is 33.6 Å². The number of allylic oxidation sites excluding steroid dienone is 1. The van der Waals surface area contributed by atoms with Crippen LogP contribution in [0, 0.1) is 21.4 Å². The Hall–Kier alpha value is -4.15. The number of methoxy groups -OCH3 is 1. The molecule has 0 N–H and O–H groups in total. The molecule has 0 aliphatic carbocycles. The van der Waals surface area contributed by atoms with Gasteiger partial charge in [0.1, 0.15) is 5.92 Å². The zero-order chi connectivity index (χ0) is 31.9. The number of hydrogen-bond donors (Lipinski definition) is 0. The van der Waals surface area contributed by atoms with Crippen LogP contribution >= 0.6 is 0 Å². The van der Waals surface area contributed by atoms with E-state index in [1.54, 1.807) is 26.0 Å². The van der Waals surface area contributed by atoms with Gasteiger partial charge in [0, 0.05) is 74.1 Å². The number of hydrogen-bond acceptors (Lipinski definition) is 9. The SMILES string of the molecule is COC(=O)C1C(C)=NC(C)=C(C(=O)OCC(C)(C)CN2CCN(CC=Cc3ccccc3)CC2)C1c1cccc([N+](=O)[O-])c1. The molecule has 10 nitrogen and oxygen atoms in total. The molecule has 1 saturated heterocycles. The van der Waals surface area contributed by atoms with Crippen molar-refractivity contribution in [3.8, 4) is 0 Å². The predicted molar refractivity (Wildman–Crippen MR) is 170 cm³/mol. The van der Waals surface area contributed by atoms with E-state index in [1.165, 1.54) is 24.8 Å². The Labute approximate surface area is 259 Å². The van der Waals surface area contributed by atoms with Crippen molar-refractivity contribution in [3.63, 3.8) is 0 Å². The second-order valence-electron chi connectivity index (χ2n) is 12.2. The molecule has 0 bridgehead atoms. The van der Waals surface area contributed by atoms with Crippen molar-refractivity contribution in [1.82, 2.24) is 9.80 Å². The molecule has 2 aliphatic heterocycles. The van der Waals surface area contributed by atoms with Gasteiger partial charge in [0.2, 0.25) is 0 Å². The second-order valence-corrected chi connectivity index (χ2v) is 12.2. The van der Waals surface area contributed by atoms with Gasteiger partial charge in [-0.25, -0.2) is 4.79 Å². The van der Waals surface area contributed by atoms with Crippen molar-refractivity contribution in [2.75, 3.05) is 53.0 Å². The number of nitro groups is 1. The van der Waals surface area contributed by atoms with E-state index >= 15 is 0 Å². The predicted octanol–water partition coefficient (Wildman–Crippen LogP) is 5.12. The topological polar surface area (TPSA) is 115 Å². The fourth-order valence-electron chi connectivity index (χ4n) is 5.95. The van der Waals surface area contributed by atoms with E-state index in [-0.39, 0.29) is 23.3 Å². The largest absolute Gasteiger partial charge is 0.468 e. The van der Waals surface area contributed by atoms with Gasteiger partial charge < -0.3 is 14.4 Å². The number of nitro benzene ring substituents is 1. The molecule has 1 fully saturated rings. The fraction of sp³-hybridized carbons (Fsp3) is 0.441. The molecule has 2 aromatic carbocycles. The number of non-ortho nitro benzene ring substituents is 1. The lowest BCUT2D eigenvalue weighted by Gasteiger charge is -2.38. The molecule has 2 aromatic rings. The summed E-state index contributed by atoms with van der Waals surface area (Å²) < 4.78 is 11.0. The summed E-state index contributed by atoms with van der Waals surface area (Å²) in [6, 6.07) is 16.3. The zero-order valence-corrected chi connectivity index (χ0v) is 26.2. The Morgan fingerprint density at radius 1 is 1.05 bits per heavy atom. The highest BCUT2D eigenvalue weighted by Gasteiger charge is 2.43. The van der Waals surface area contributed by atoms with Gasteiger partial charge in [-0.2, -0.15) is 0 Å². The van der Waals surface area contributed by atoms with Crippen LogP contribution in [0.25, 0.3) is 6.08 Å². The first-order valence-corrected chi connectivity index (χ1v) is 14.9. The normalized spacial score (nSPS) is 20.0. The van der Waals surface area contributed by atoms with Gasteiger partial charge in [-0.15, -0.1) is 0 Å². The van der Waals surface area contributed by atoms with Crippen molar-refractivity contribution in [2.24, 2.45) is 16.3 Å². The maximum atomic E-state index is 13.7. The lowest BCUT2D eigenvalue weighted by molar-refractivity contribution is -0.384. The lowest BCUT2D eigenvalue weighted by atomic mass is 9.75. The summed E-state index contributed by atoms with van der Waals surface area (Å²) in [5.41, 5.74) is 2.27. The summed E-state index contributed by atoms with van der Waals surface area (Å²) in [7, 11) is 1.27. The number of piperazine rings is 1. The average Bonchev–Trinajstić information content (AvgIpc) is 3.00. The van der Waals surface area contributed by atoms with Gasteiger partial charge in [-0.3, -0.25) is 24.8 Å². The van der Waals surface area contributed by atoms with E-state index in [0.717, 1.165) is 39.3 Å². The summed E-state index contributed by atoms with van der Waals surface area (Å²) in [5.74, 6) is -2.91. The van der Waals surface area contributed by atoms with E-state index in [9.17, 15) is 19.7 Å². The van der Waals surface area contributed by atoms with Crippen LogP contribution in [0.5, 0.6) is 0 Å². The van der Waals surface area contributed by atoms with Crippen LogP contribution in [0.2, 0.25) is 0 Å². The molecule has 0 radical (unpaired) electrons. The Balaban J connectivity index is 1.40. The first kappa shape index (κ1) is 32.8. The van der Waals surface area contributed by atoms with Gasteiger partial charge in [0.05, 0.1) is 24.2 Å². The highest BCUT2D eigenvalue weighted by Crippen LogP contribution is 2.41. The van der Waals surface area contributed by atoms with Crippen LogP contribution in [-0.2, 0) is 19.1 Å². The zero-order valence-electron chi connectivity index (χ0n) is 26.2. The van der Waals surface area contributed by atoms with E-state index in [4.69, 9.17) is 9.47 Å². The Bertz CT molecular complexity index is 1440. The van der Waals surface area contributed by atoms with E-state index in [0.29, 0.717) is 17.0 Å². The highest BCUT2D eigenvalue weighted by molar-refractivity contribution is 6.07. The van der Waals surface area contributed by atoms with Crippen LogP contribution in [0.3, 0.4) is 0 Å². The van der Waals surface area contributed by atoms with Gasteiger partial charge in [0.15, 0.2) is 0 Å². The van der Waals surface area contributed by atoms with Crippen LogP contribution in [0.1, 0.15) is 44.7 Å². The number of carbonyl (C=O) groups excluding carboxylic acids is 2. The molecule has 0 amide bonds. The fourth-order valence-corrected chi connectivity index (χ4v) is 5.95. The van der Waals surface area contributed by atoms with Crippen molar-refractivity contribution in [1.29, 1.82) is 0 Å². The maximum absolute atomic E-state index is 13.7. The molecule has 4 rings (SSSR count). The lowest BCUT2D eigenvalue weighted by Crippen LogP contribution is -2.49. The molecule has 10 heteroatoms. The third-order valence-corrected chi connectivity index (χ3v) is 8.13. The van der Waals surface area contributed by atoms with Crippen molar-refractivity contribution in [3.05, 3.63) is 93.2 Å². The van der Waals surface area contributed by atoms with Gasteiger partial charge in [-0.1, -0.05) is 68.5 Å². The third kappa shape index (κ3) is 8.27. The monoisotopic (exact) mass is 602 g/mol. The van der Waals surface area contributed by atoms with Crippen LogP contribution in [0.4, 0.5) is 5.69 Å². The number of carbonyl (C=O) groups is 2. The molecular weight excluding hydrogens is 560 g/mol. The average molecular weight is 603 g/mol. The number of rotatable bonds is 11. The molecule has 2 heterocycles. The summed E-state index contributed by atoms with van der Waals surface area (Å²) >= 11 is 0. The van der Waals surface area contributed by atoms with Crippen LogP contribution < -0.4 is 0 Å². The Kier molecular flexibility index (Phi) is 10.8. The number of benzene rings is 2. The number of ether oxygens (including phenoxy) is 2. The first-order valence-electron chi connectivity index (χ1n) is 14.9. The summed E-state index contributed by atoms with van der Waals surface area (Å²) in [6.07, 6.45) is 4.35. The summed E-state index contributed by atoms with van der Waals surface area (Å²) in [4.78, 5) is 46.9. The quantitative estimate of drug-likeness (QED) is 0.198. The smallest absolute Gasteiger partial charge is 0.336 e. The van der Waals surface area contributed by atoms with Gasteiger partial charge in [0.25, 0.3) is 5.69 Å². The van der Waals surface area contributed by atoms with Crippen LogP contribution in [0.15, 0.2) is 76.9 Å². The molecule has 0 aromatic heterocycles. The second kappa shape index (κ2) is 14.5. The van der Waals surface area contributed by atoms with E-state index in [2.05, 4.69) is 52.9 Å². The van der Waals surface area contributed by atoms with E-state index in [1.807, 2.05) is 18.2 Å². The number of aliphatic imine (C=N–C) groups is 1. The number of nitrogens with zero attached hydrogens (tertiary/aromatic N) is 4. The minimum absolute atomic E-state index is 0.134. The third-order valence-electron chi connectivity index (χ3n) is 8.13. The molecule has 234 valence electrons. The summed E-state index contributed by atoms with van der Waals surface area (Å²) in [6.45, 7) is 13.1. The van der Waals surface area contributed by atoms with Crippen LogP contribution in [-0.4, -0.2) is 85.4 Å². The Morgan fingerprint density at radius 2 is 1.73 bits per heavy atom. The minimum atomic E-state index is -0.917.